The Hall–Kier alpha value is -1.16. The van der Waals surface area contributed by atoms with Crippen molar-refractivity contribution in [1.82, 2.24) is 15.2 Å². The van der Waals surface area contributed by atoms with Gasteiger partial charge in [-0.15, -0.1) is 0 Å². The summed E-state index contributed by atoms with van der Waals surface area (Å²) in [6.45, 7) is 0. The first-order valence-corrected chi connectivity index (χ1v) is 3.31. The van der Waals surface area contributed by atoms with Gasteiger partial charge in [0.15, 0.2) is 5.65 Å². The average Bonchev–Trinajstić information content (AvgIpc) is 2.32. The highest BCUT2D eigenvalue weighted by molar-refractivity contribution is 6.34. The third kappa shape index (κ3) is 0.952. The summed E-state index contributed by atoms with van der Waals surface area (Å²) in [7, 11) is 0. The molecular formula is C6H3ClFN3. The number of aromatic nitrogens is 3. The quantitative estimate of drug-likeness (QED) is 0.614. The number of halogens is 2. The van der Waals surface area contributed by atoms with Crippen LogP contribution in [-0.4, -0.2) is 15.2 Å². The van der Waals surface area contributed by atoms with Gasteiger partial charge in [0.05, 0.1) is 5.39 Å². The monoisotopic (exact) mass is 171 g/mol. The minimum atomic E-state index is -0.555. The highest BCUT2D eigenvalue weighted by Gasteiger charge is 2.03. The summed E-state index contributed by atoms with van der Waals surface area (Å²) in [6.07, 6.45) is 0. The van der Waals surface area contributed by atoms with Crippen molar-refractivity contribution in [2.24, 2.45) is 0 Å². The largest absolute Gasteiger partial charge is 0.264 e. The van der Waals surface area contributed by atoms with Crippen LogP contribution < -0.4 is 0 Å². The molecule has 2 aromatic rings. The molecule has 0 atom stereocenters. The van der Waals surface area contributed by atoms with Gasteiger partial charge in [-0.1, -0.05) is 11.6 Å². The third-order valence-electron chi connectivity index (χ3n) is 1.34. The van der Waals surface area contributed by atoms with Crippen LogP contribution in [0.4, 0.5) is 4.39 Å². The van der Waals surface area contributed by atoms with Crippen molar-refractivity contribution in [2.75, 3.05) is 0 Å². The fourth-order valence-electron chi connectivity index (χ4n) is 0.844. The predicted octanol–water partition coefficient (Wildman–Crippen LogP) is 1.75. The summed E-state index contributed by atoms with van der Waals surface area (Å²) < 4.78 is 12.4. The van der Waals surface area contributed by atoms with E-state index in [-0.39, 0.29) is 0 Å². The van der Waals surface area contributed by atoms with Crippen molar-refractivity contribution in [2.45, 2.75) is 0 Å². The molecule has 1 N–H and O–H groups in total. The molecule has 2 aromatic heterocycles. The number of hydrogen-bond donors (Lipinski definition) is 1. The zero-order valence-corrected chi connectivity index (χ0v) is 6.06. The molecule has 0 spiro atoms. The molecule has 0 bridgehead atoms. The maximum Gasteiger partial charge on any atom is 0.214 e. The molecule has 0 radical (unpaired) electrons. The highest BCUT2D eigenvalue weighted by Crippen LogP contribution is 2.17. The Kier molecular flexibility index (Phi) is 1.29. The Morgan fingerprint density at radius 1 is 1.45 bits per heavy atom. The molecule has 5 heteroatoms. The Morgan fingerprint density at radius 2 is 2.27 bits per heavy atom. The van der Waals surface area contributed by atoms with Crippen LogP contribution in [0.2, 0.25) is 5.15 Å². The van der Waals surface area contributed by atoms with Crippen LogP contribution in [0, 0.1) is 5.95 Å². The van der Waals surface area contributed by atoms with E-state index < -0.39 is 5.95 Å². The first kappa shape index (κ1) is 6.54. The minimum Gasteiger partial charge on any atom is -0.264 e. The van der Waals surface area contributed by atoms with Crippen LogP contribution in [-0.2, 0) is 0 Å². The van der Waals surface area contributed by atoms with Crippen molar-refractivity contribution in [3.63, 3.8) is 0 Å². The van der Waals surface area contributed by atoms with Gasteiger partial charge >= 0.3 is 0 Å². The first-order chi connectivity index (χ1) is 5.27. The topological polar surface area (TPSA) is 41.6 Å². The predicted molar refractivity (Wildman–Crippen MR) is 38.9 cm³/mol. The number of pyridine rings is 1. The fraction of sp³-hybridized carbons (Fsp3) is 0. The van der Waals surface area contributed by atoms with E-state index in [1.807, 2.05) is 0 Å². The van der Waals surface area contributed by atoms with Gasteiger partial charge in [-0.05, 0) is 12.1 Å². The molecule has 0 aromatic carbocycles. The normalized spacial score (nSPS) is 10.7. The summed E-state index contributed by atoms with van der Waals surface area (Å²) >= 11 is 5.64. The van der Waals surface area contributed by atoms with E-state index in [2.05, 4.69) is 15.2 Å². The number of H-pyrrole nitrogens is 1. The molecule has 0 aliphatic carbocycles. The Bertz CT molecular complexity index is 398. The van der Waals surface area contributed by atoms with Crippen LogP contribution in [0.5, 0.6) is 0 Å². The lowest BCUT2D eigenvalue weighted by molar-refractivity contribution is 0.588. The number of hydrogen-bond acceptors (Lipinski definition) is 2. The second kappa shape index (κ2) is 2.17. The summed E-state index contributed by atoms with van der Waals surface area (Å²) in [6, 6.07) is 2.77. The number of nitrogens with one attached hydrogen (secondary N) is 1. The number of nitrogens with zero attached hydrogens (tertiary/aromatic N) is 2. The maximum atomic E-state index is 12.4. The summed E-state index contributed by atoms with van der Waals surface area (Å²) in [5.41, 5.74) is 0.301. The van der Waals surface area contributed by atoms with Crippen LogP contribution in [0.3, 0.4) is 0 Å². The molecule has 11 heavy (non-hydrogen) atoms. The zero-order valence-electron chi connectivity index (χ0n) is 5.31. The standard InChI is InChI=1S/C6H3ClFN3/c7-5-3-1-2-4(8)9-6(3)11-10-5/h1-2H,(H,9,10,11). The molecule has 0 fully saturated rings. The first-order valence-electron chi connectivity index (χ1n) is 2.93. The average molecular weight is 172 g/mol. The lowest BCUT2D eigenvalue weighted by atomic mass is 10.4. The third-order valence-corrected chi connectivity index (χ3v) is 1.63. The van der Waals surface area contributed by atoms with E-state index in [1.54, 1.807) is 0 Å². The molecule has 0 saturated heterocycles. The van der Waals surface area contributed by atoms with E-state index in [9.17, 15) is 4.39 Å². The fourth-order valence-corrected chi connectivity index (χ4v) is 1.03. The molecule has 2 rings (SSSR count). The summed E-state index contributed by atoms with van der Waals surface area (Å²) in [5.74, 6) is -0.555. The van der Waals surface area contributed by atoms with Crippen molar-refractivity contribution in [3.05, 3.63) is 23.2 Å². The van der Waals surface area contributed by atoms with E-state index in [4.69, 9.17) is 11.6 Å². The Morgan fingerprint density at radius 3 is 3.09 bits per heavy atom. The van der Waals surface area contributed by atoms with Gasteiger partial charge in [0.25, 0.3) is 0 Å². The number of fused-ring (bicyclic) bond motifs is 1. The molecule has 2 heterocycles. The van der Waals surface area contributed by atoms with Crippen LogP contribution in [0.25, 0.3) is 11.0 Å². The minimum absolute atomic E-state index is 0.301. The van der Waals surface area contributed by atoms with Gasteiger partial charge in [0.1, 0.15) is 5.15 Å². The van der Waals surface area contributed by atoms with Crippen molar-refractivity contribution in [3.8, 4) is 0 Å². The molecule has 3 nitrogen and oxygen atoms in total. The molecular weight excluding hydrogens is 169 g/mol. The second-order valence-electron chi connectivity index (χ2n) is 2.04. The van der Waals surface area contributed by atoms with Gasteiger partial charge in [-0.2, -0.15) is 14.5 Å². The SMILES string of the molecule is Fc1ccc2c(Cl)[nH]nc2n1. The molecule has 0 aliphatic heterocycles. The Labute approximate surface area is 66.2 Å². The van der Waals surface area contributed by atoms with Crippen LogP contribution in [0.1, 0.15) is 0 Å². The van der Waals surface area contributed by atoms with Crippen molar-refractivity contribution < 1.29 is 4.39 Å². The van der Waals surface area contributed by atoms with E-state index in [0.29, 0.717) is 16.2 Å². The number of aromatic amines is 1. The second-order valence-corrected chi connectivity index (χ2v) is 2.42. The molecule has 0 unspecified atom stereocenters. The van der Waals surface area contributed by atoms with Gasteiger partial charge in [0, 0.05) is 0 Å². The van der Waals surface area contributed by atoms with E-state index >= 15 is 0 Å². The van der Waals surface area contributed by atoms with Crippen molar-refractivity contribution in [1.29, 1.82) is 0 Å². The van der Waals surface area contributed by atoms with Gasteiger partial charge in [-0.25, -0.2) is 0 Å². The van der Waals surface area contributed by atoms with Gasteiger partial charge in [-0.3, -0.25) is 5.10 Å². The molecule has 0 amide bonds. The van der Waals surface area contributed by atoms with Crippen molar-refractivity contribution >= 4 is 22.6 Å². The molecule has 0 saturated carbocycles. The van der Waals surface area contributed by atoms with Crippen LogP contribution in [0.15, 0.2) is 12.1 Å². The number of rotatable bonds is 0. The Balaban J connectivity index is 2.86. The van der Waals surface area contributed by atoms with Gasteiger partial charge in [0.2, 0.25) is 5.95 Å². The van der Waals surface area contributed by atoms with E-state index in [1.165, 1.54) is 12.1 Å². The zero-order chi connectivity index (χ0) is 7.84. The lowest BCUT2D eigenvalue weighted by Gasteiger charge is -1.85. The summed E-state index contributed by atoms with van der Waals surface area (Å²) in [5, 5.41) is 7.18. The van der Waals surface area contributed by atoms with E-state index in [0.717, 1.165) is 0 Å². The molecule has 0 aliphatic rings. The summed E-state index contributed by atoms with van der Waals surface area (Å²) in [4.78, 5) is 3.50. The smallest absolute Gasteiger partial charge is 0.214 e. The van der Waals surface area contributed by atoms with Gasteiger partial charge < -0.3 is 0 Å². The molecule has 56 valence electrons. The van der Waals surface area contributed by atoms with Crippen LogP contribution >= 0.6 is 11.6 Å². The lowest BCUT2D eigenvalue weighted by Crippen LogP contribution is -1.81. The maximum absolute atomic E-state index is 12.4. The highest BCUT2D eigenvalue weighted by atomic mass is 35.5.